The molecule has 1 fully saturated rings. The van der Waals surface area contributed by atoms with Gasteiger partial charge in [-0.15, -0.1) is 0 Å². The number of likely N-dealkylation sites (N-methyl/N-ethyl adjacent to an activating group) is 1. The van der Waals surface area contributed by atoms with Crippen molar-refractivity contribution in [1.82, 2.24) is 4.90 Å². The lowest BCUT2D eigenvalue weighted by Gasteiger charge is -2.23. The maximum Gasteiger partial charge on any atom is 0.161 e. The molecule has 0 N–H and O–H groups in total. The number of hydrogen-bond donors (Lipinski definition) is 0. The maximum atomic E-state index is 11.7. The predicted molar refractivity (Wildman–Crippen MR) is 75.5 cm³/mol. The number of Topliss-reactive ketones (excluding diaryl/α,β-unsaturated/α-hetero) is 1. The van der Waals surface area contributed by atoms with Gasteiger partial charge in [-0.25, -0.2) is 0 Å². The molecule has 0 radical (unpaired) electrons. The van der Waals surface area contributed by atoms with E-state index in [9.17, 15) is 4.79 Å². The Kier molecular flexibility index (Phi) is 3.87. The van der Waals surface area contributed by atoms with Crippen molar-refractivity contribution >= 4 is 11.5 Å². The fourth-order valence-corrected chi connectivity index (χ4v) is 2.54. The molecule has 1 aromatic rings. The zero-order valence-corrected chi connectivity index (χ0v) is 11.7. The van der Waals surface area contributed by atoms with E-state index in [0.29, 0.717) is 17.2 Å². The third-order valence-electron chi connectivity index (χ3n) is 3.74. The summed E-state index contributed by atoms with van der Waals surface area (Å²) < 4.78 is 0. The van der Waals surface area contributed by atoms with Gasteiger partial charge in [0.1, 0.15) is 0 Å². The van der Waals surface area contributed by atoms with Crippen molar-refractivity contribution < 1.29 is 4.79 Å². The highest BCUT2D eigenvalue weighted by Crippen LogP contribution is 2.27. The first kappa shape index (κ1) is 13.6. The first-order valence-corrected chi connectivity index (χ1v) is 6.49. The molecule has 1 heterocycles. The highest BCUT2D eigenvalue weighted by Gasteiger charge is 2.26. The summed E-state index contributed by atoms with van der Waals surface area (Å²) in [6.45, 7) is 3.41. The van der Waals surface area contributed by atoms with Gasteiger partial charge in [-0.05, 0) is 45.6 Å². The molecule has 19 heavy (non-hydrogen) atoms. The molecule has 1 atom stereocenters. The van der Waals surface area contributed by atoms with Gasteiger partial charge in [0, 0.05) is 30.4 Å². The topological polar surface area (TPSA) is 47.3 Å². The summed E-state index contributed by atoms with van der Waals surface area (Å²) >= 11 is 0. The van der Waals surface area contributed by atoms with Gasteiger partial charge in [0.25, 0.3) is 0 Å². The minimum atomic E-state index is 0.0489. The monoisotopic (exact) mass is 257 g/mol. The van der Waals surface area contributed by atoms with E-state index in [1.807, 2.05) is 6.07 Å². The van der Waals surface area contributed by atoms with Crippen LogP contribution in [0.1, 0.15) is 29.3 Å². The smallest absolute Gasteiger partial charge is 0.161 e. The van der Waals surface area contributed by atoms with Crippen LogP contribution in [-0.4, -0.2) is 43.9 Å². The van der Waals surface area contributed by atoms with Gasteiger partial charge >= 0.3 is 0 Å². The lowest BCUT2D eigenvalue weighted by Crippen LogP contribution is -2.31. The van der Waals surface area contributed by atoms with Crippen molar-refractivity contribution in [1.29, 1.82) is 5.26 Å². The van der Waals surface area contributed by atoms with E-state index in [4.69, 9.17) is 5.26 Å². The van der Waals surface area contributed by atoms with E-state index in [1.54, 1.807) is 19.1 Å². The number of rotatable bonds is 3. The van der Waals surface area contributed by atoms with Gasteiger partial charge in [-0.1, -0.05) is 0 Å². The fourth-order valence-electron chi connectivity index (χ4n) is 2.54. The summed E-state index contributed by atoms with van der Waals surface area (Å²) in [5.41, 5.74) is 2.21. The normalized spacial score (nSPS) is 18.7. The summed E-state index contributed by atoms with van der Waals surface area (Å²) in [6.07, 6.45) is 1.08. The second-order valence-corrected chi connectivity index (χ2v) is 5.25. The van der Waals surface area contributed by atoms with E-state index in [2.05, 4.69) is 30.0 Å². The van der Waals surface area contributed by atoms with Crippen molar-refractivity contribution in [3.05, 3.63) is 29.3 Å². The Morgan fingerprint density at radius 2 is 2.21 bits per heavy atom. The molecule has 100 valence electrons. The Hall–Kier alpha value is -1.86. The van der Waals surface area contributed by atoms with E-state index in [-0.39, 0.29) is 5.78 Å². The molecular formula is C15H19N3O. The summed E-state index contributed by atoms with van der Waals surface area (Å²) in [5, 5.41) is 9.01. The van der Waals surface area contributed by atoms with Crippen LogP contribution in [0, 0.1) is 11.3 Å². The Bertz CT molecular complexity index is 531. The Morgan fingerprint density at radius 3 is 2.74 bits per heavy atom. The van der Waals surface area contributed by atoms with Crippen LogP contribution in [0.3, 0.4) is 0 Å². The highest BCUT2D eigenvalue weighted by molar-refractivity contribution is 6.00. The standard InChI is InChI=1S/C15H19N3O/c1-11(19)14-5-4-12(9-16)8-15(14)18-7-6-13(10-18)17(2)3/h4-5,8,13H,6-7,10H2,1-3H3. The van der Waals surface area contributed by atoms with Crippen LogP contribution >= 0.6 is 0 Å². The highest BCUT2D eigenvalue weighted by atomic mass is 16.1. The van der Waals surface area contributed by atoms with Gasteiger partial charge in [-0.2, -0.15) is 5.26 Å². The molecule has 2 rings (SSSR count). The molecule has 0 saturated carbocycles. The van der Waals surface area contributed by atoms with Crippen molar-refractivity contribution in [2.24, 2.45) is 0 Å². The van der Waals surface area contributed by atoms with Crippen LogP contribution in [0.5, 0.6) is 0 Å². The molecule has 0 bridgehead atoms. The molecule has 1 aromatic carbocycles. The minimum absolute atomic E-state index is 0.0489. The Morgan fingerprint density at radius 1 is 1.47 bits per heavy atom. The number of anilines is 1. The lowest BCUT2D eigenvalue weighted by molar-refractivity contribution is 0.101. The molecule has 0 amide bonds. The number of hydrogen-bond acceptors (Lipinski definition) is 4. The molecule has 0 spiro atoms. The zero-order valence-electron chi connectivity index (χ0n) is 11.7. The molecular weight excluding hydrogens is 238 g/mol. The second kappa shape index (κ2) is 5.41. The number of nitrogens with zero attached hydrogens (tertiary/aromatic N) is 3. The quantitative estimate of drug-likeness (QED) is 0.776. The number of carbonyl (C=O) groups is 1. The largest absolute Gasteiger partial charge is 0.369 e. The van der Waals surface area contributed by atoms with E-state index >= 15 is 0 Å². The van der Waals surface area contributed by atoms with Crippen LogP contribution in [0.15, 0.2) is 18.2 Å². The maximum absolute atomic E-state index is 11.7. The number of carbonyl (C=O) groups excluding carboxylic acids is 1. The molecule has 4 nitrogen and oxygen atoms in total. The van der Waals surface area contributed by atoms with E-state index < -0.39 is 0 Å². The second-order valence-electron chi connectivity index (χ2n) is 5.25. The molecule has 0 aromatic heterocycles. The number of ketones is 1. The first-order chi connectivity index (χ1) is 9.02. The lowest BCUT2D eigenvalue weighted by atomic mass is 10.1. The summed E-state index contributed by atoms with van der Waals surface area (Å²) in [7, 11) is 4.15. The molecule has 1 aliphatic rings. The van der Waals surface area contributed by atoms with Gasteiger partial charge in [0.15, 0.2) is 5.78 Å². The summed E-state index contributed by atoms with van der Waals surface area (Å²) in [5.74, 6) is 0.0489. The third kappa shape index (κ3) is 2.77. The van der Waals surface area contributed by atoms with Crippen LogP contribution in [-0.2, 0) is 0 Å². The van der Waals surface area contributed by atoms with Crippen molar-refractivity contribution in [2.45, 2.75) is 19.4 Å². The SMILES string of the molecule is CC(=O)c1ccc(C#N)cc1N1CCC(N(C)C)C1. The first-order valence-electron chi connectivity index (χ1n) is 6.49. The zero-order chi connectivity index (χ0) is 14.0. The Labute approximate surface area is 114 Å². The van der Waals surface area contributed by atoms with Crippen molar-refractivity contribution in [3.63, 3.8) is 0 Å². The number of benzene rings is 1. The van der Waals surface area contributed by atoms with Gasteiger partial charge in [0.2, 0.25) is 0 Å². The fraction of sp³-hybridized carbons (Fsp3) is 0.467. The minimum Gasteiger partial charge on any atom is -0.369 e. The molecule has 0 aliphatic carbocycles. The van der Waals surface area contributed by atoms with Crippen LogP contribution in [0.25, 0.3) is 0 Å². The Balaban J connectivity index is 2.33. The van der Waals surface area contributed by atoms with Gasteiger partial charge in [0.05, 0.1) is 11.6 Å². The van der Waals surface area contributed by atoms with Crippen molar-refractivity contribution in [3.8, 4) is 6.07 Å². The van der Waals surface area contributed by atoms with Gasteiger partial charge in [-0.3, -0.25) is 4.79 Å². The summed E-state index contributed by atoms with van der Waals surface area (Å²) in [6, 6.07) is 7.95. The van der Waals surface area contributed by atoms with Crippen LogP contribution in [0.2, 0.25) is 0 Å². The van der Waals surface area contributed by atoms with E-state index in [0.717, 1.165) is 25.2 Å². The van der Waals surface area contributed by atoms with Crippen molar-refractivity contribution in [2.75, 3.05) is 32.1 Å². The van der Waals surface area contributed by atoms with Gasteiger partial charge < -0.3 is 9.80 Å². The molecule has 1 saturated heterocycles. The van der Waals surface area contributed by atoms with Crippen LogP contribution in [0.4, 0.5) is 5.69 Å². The number of nitriles is 1. The molecule has 1 aliphatic heterocycles. The third-order valence-corrected chi connectivity index (χ3v) is 3.74. The average Bonchev–Trinajstić information content (AvgIpc) is 2.87. The van der Waals surface area contributed by atoms with Crippen LogP contribution < -0.4 is 4.90 Å². The average molecular weight is 257 g/mol. The molecule has 4 heteroatoms. The predicted octanol–water partition coefficient (Wildman–Crippen LogP) is 1.90. The summed E-state index contributed by atoms with van der Waals surface area (Å²) in [4.78, 5) is 16.1. The van der Waals surface area contributed by atoms with E-state index in [1.165, 1.54) is 0 Å². The molecule has 1 unspecified atom stereocenters.